The number of amides is 1. The van der Waals surface area contributed by atoms with E-state index < -0.39 is 0 Å². The Kier molecular flexibility index (Phi) is 5.42. The van der Waals surface area contributed by atoms with E-state index in [4.69, 9.17) is 0 Å². The molecule has 3 rings (SSSR count). The maximum Gasteiger partial charge on any atom is 0.271 e. The van der Waals surface area contributed by atoms with Gasteiger partial charge >= 0.3 is 0 Å². The Balaban J connectivity index is 1.76. The minimum absolute atomic E-state index is 0.109. The number of nitrogens with one attached hydrogen (secondary N) is 2. The van der Waals surface area contributed by atoms with E-state index in [0.29, 0.717) is 18.3 Å². The highest BCUT2D eigenvalue weighted by atomic mass is 32.1. The van der Waals surface area contributed by atoms with E-state index in [9.17, 15) is 4.79 Å². The van der Waals surface area contributed by atoms with E-state index in [2.05, 4.69) is 32.4 Å². The first-order valence-corrected chi connectivity index (χ1v) is 9.15. The average molecular weight is 345 g/mol. The molecule has 6 nitrogen and oxygen atoms in total. The number of likely N-dealkylation sites (tertiary alicyclic amines) is 1. The fraction of sp³-hybridized carbons (Fsp3) is 0.471. The Bertz CT molecular complexity index is 688. The van der Waals surface area contributed by atoms with Gasteiger partial charge in [0, 0.05) is 32.0 Å². The smallest absolute Gasteiger partial charge is 0.271 e. The molecule has 2 aromatic heterocycles. The van der Waals surface area contributed by atoms with Crippen molar-refractivity contribution < 1.29 is 4.79 Å². The Morgan fingerprint density at radius 2 is 2.21 bits per heavy atom. The van der Waals surface area contributed by atoms with Gasteiger partial charge in [-0.2, -0.15) is 0 Å². The van der Waals surface area contributed by atoms with Crippen molar-refractivity contribution in [3.63, 3.8) is 0 Å². The van der Waals surface area contributed by atoms with Gasteiger partial charge in [-0.05, 0) is 43.6 Å². The summed E-state index contributed by atoms with van der Waals surface area (Å²) in [7, 11) is 1.81. The van der Waals surface area contributed by atoms with Gasteiger partial charge in [0.05, 0.1) is 4.88 Å². The van der Waals surface area contributed by atoms with E-state index in [1.807, 2.05) is 19.2 Å². The minimum atomic E-state index is -0.109. The number of nitrogens with zero attached hydrogens (tertiary/aromatic N) is 3. The molecule has 0 bridgehead atoms. The number of pyridine rings is 1. The number of carbonyl (C=O) groups is 1. The number of rotatable bonds is 6. The van der Waals surface area contributed by atoms with Crippen molar-refractivity contribution in [2.45, 2.75) is 25.8 Å². The van der Waals surface area contributed by atoms with E-state index in [0.717, 1.165) is 35.1 Å². The zero-order valence-corrected chi connectivity index (χ0v) is 14.9. The first-order chi connectivity index (χ1) is 11.7. The number of carbonyl (C=O) groups excluding carboxylic acids is 1. The molecular formula is C17H23N5OS. The average Bonchev–Trinajstić information content (AvgIpc) is 3.26. The Labute approximate surface area is 146 Å². The van der Waals surface area contributed by atoms with E-state index >= 15 is 0 Å². The molecule has 1 atom stereocenters. The summed E-state index contributed by atoms with van der Waals surface area (Å²) in [4.78, 5) is 24.5. The molecule has 0 saturated carbocycles. The quantitative estimate of drug-likeness (QED) is 0.842. The van der Waals surface area contributed by atoms with Gasteiger partial charge < -0.3 is 10.6 Å². The number of anilines is 1. The van der Waals surface area contributed by atoms with Gasteiger partial charge in [0.15, 0.2) is 5.13 Å². The monoisotopic (exact) mass is 345 g/mol. The summed E-state index contributed by atoms with van der Waals surface area (Å²) in [6, 6.07) is 4.24. The number of hydrogen-bond acceptors (Lipinski definition) is 6. The van der Waals surface area contributed by atoms with Crippen LogP contribution in [0.15, 0.2) is 24.5 Å². The van der Waals surface area contributed by atoms with Crippen LogP contribution in [0.25, 0.3) is 10.4 Å². The molecule has 0 radical (unpaired) electrons. The van der Waals surface area contributed by atoms with E-state index in [1.54, 1.807) is 12.4 Å². The Morgan fingerprint density at radius 1 is 1.42 bits per heavy atom. The van der Waals surface area contributed by atoms with Crippen molar-refractivity contribution >= 4 is 22.4 Å². The second kappa shape index (κ2) is 7.72. The summed E-state index contributed by atoms with van der Waals surface area (Å²) in [5, 5.41) is 6.84. The first kappa shape index (κ1) is 16.9. The molecule has 0 aromatic carbocycles. The lowest BCUT2D eigenvalue weighted by molar-refractivity contribution is 0.0938. The lowest BCUT2D eigenvalue weighted by atomic mass is 10.2. The van der Waals surface area contributed by atoms with Crippen LogP contribution in [0.1, 0.15) is 30.3 Å². The van der Waals surface area contributed by atoms with Crippen LogP contribution in [0, 0.1) is 0 Å². The minimum Gasteiger partial charge on any atom is -0.365 e. The number of likely N-dealkylation sites (N-methyl/N-ethyl adjacent to an activating group) is 1. The zero-order valence-electron chi connectivity index (χ0n) is 14.1. The van der Waals surface area contributed by atoms with Gasteiger partial charge in [0.2, 0.25) is 0 Å². The van der Waals surface area contributed by atoms with Crippen molar-refractivity contribution in [2.75, 3.05) is 32.0 Å². The van der Waals surface area contributed by atoms with Gasteiger partial charge in [0.25, 0.3) is 5.91 Å². The second-order valence-corrected chi connectivity index (χ2v) is 6.82. The second-order valence-electron chi connectivity index (χ2n) is 5.82. The summed E-state index contributed by atoms with van der Waals surface area (Å²) in [5.74, 6) is -0.109. The van der Waals surface area contributed by atoms with Crippen molar-refractivity contribution in [3.8, 4) is 10.4 Å². The van der Waals surface area contributed by atoms with Crippen LogP contribution < -0.4 is 10.6 Å². The number of thiazole rings is 1. The van der Waals surface area contributed by atoms with Crippen LogP contribution in [0.5, 0.6) is 0 Å². The predicted molar refractivity (Wildman–Crippen MR) is 97.5 cm³/mol. The highest BCUT2D eigenvalue weighted by molar-refractivity contribution is 7.19. The van der Waals surface area contributed by atoms with Gasteiger partial charge in [0.1, 0.15) is 5.69 Å². The molecular weight excluding hydrogens is 322 g/mol. The third-order valence-electron chi connectivity index (χ3n) is 4.40. The lowest BCUT2D eigenvalue weighted by Crippen LogP contribution is -2.40. The van der Waals surface area contributed by atoms with Crippen LogP contribution in [0.4, 0.5) is 5.13 Å². The van der Waals surface area contributed by atoms with Gasteiger partial charge in [-0.25, -0.2) is 4.98 Å². The zero-order chi connectivity index (χ0) is 16.9. The van der Waals surface area contributed by atoms with Crippen LogP contribution in [-0.2, 0) is 0 Å². The summed E-state index contributed by atoms with van der Waals surface area (Å²) in [6.07, 6.45) is 5.81. The first-order valence-electron chi connectivity index (χ1n) is 8.34. The third-order valence-corrected chi connectivity index (χ3v) is 5.52. The molecule has 3 heterocycles. The fourth-order valence-electron chi connectivity index (χ4n) is 3.12. The molecule has 0 spiro atoms. The largest absolute Gasteiger partial charge is 0.365 e. The molecule has 128 valence electrons. The van der Waals surface area contributed by atoms with Gasteiger partial charge in [-0.15, -0.1) is 0 Å². The third kappa shape index (κ3) is 3.57. The lowest BCUT2D eigenvalue weighted by Gasteiger charge is -2.22. The maximum atomic E-state index is 12.7. The molecule has 1 saturated heterocycles. The summed E-state index contributed by atoms with van der Waals surface area (Å²) in [5.41, 5.74) is 1.45. The SMILES string of the molecule is CCN1CCCC1CNC(=O)c1nc(NC)sc1-c1ccncc1. The molecule has 24 heavy (non-hydrogen) atoms. The highest BCUT2D eigenvalue weighted by Crippen LogP contribution is 2.32. The molecule has 0 aliphatic carbocycles. The summed E-state index contributed by atoms with van der Waals surface area (Å²) >= 11 is 1.48. The van der Waals surface area contributed by atoms with Gasteiger partial charge in [-0.1, -0.05) is 18.3 Å². The fourth-order valence-corrected chi connectivity index (χ4v) is 4.04. The topological polar surface area (TPSA) is 70.2 Å². The molecule has 7 heteroatoms. The van der Waals surface area contributed by atoms with Gasteiger partial charge in [-0.3, -0.25) is 14.7 Å². The summed E-state index contributed by atoms with van der Waals surface area (Å²) < 4.78 is 0. The molecule has 1 aliphatic rings. The Morgan fingerprint density at radius 3 is 2.92 bits per heavy atom. The molecule has 2 aromatic rings. The van der Waals surface area contributed by atoms with Crippen molar-refractivity contribution in [1.82, 2.24) is 20.2 Å². The van der Waals surface area contributed by atoms with Crippen molar-refractivity contribution in [1.29, 1.82) is 0 Å². The molecule has 2 N–H and O–H groups in total. The van der Waals surface area contributed by atoms with Crippen molar-refractivity contribution in [2.24, 2.45) is 0 Å². The van der Waals surface area contributed by atoms with Crippen LogP contribution in [0.3, 0.4) is 0 Å². The molecule has 1 aliphatic heterocycles. The van der Waals surface area contributed by atoms with Crippen LogP contribution >= 0.6 is 11.3 Å². The number of aromatic nitrogens is 2. The molecule has 1 amide bonds. The highest BCUT2D eigenvalue weighted by Gasteiger charge is 2.25. The standard InChI is InChI=1S/C17H23N5OS/c1-3-22-10-4-5-13(22)11-20-16(23)14-15(24-17(18-2)21-14)12-6-8-19-9-7-12/h6-9,13H,3-5,10-11H2,1-2H3,(H,18,21)(H,20,23). The molecule has 1 unspecified atom stereocenters. The van der Waals surface area contributed by atoms with Crippen LogP contribution in [0.2, 0.25) is 0 Å². The van der Waals surface area contributed by atoms with E-state index in [-0.39, 0.29) is 5.91 Å². The number of hydrogen-bond donors (Lipinski definition) is 2. The predicted octanol–water partition coefficient (Wildman–Crippen LogP) is 2.46. The van der Waals surface area contributed by atoms with Crippen LogP contribution in [-0.4, -0.2) is 53.5 Å². The van der Waals surface area contributed by atoms with E-state index in [1.165, 1.54) is 17.8 Å². The maximum absolute atomic E-state index is 12.7. The summed E-state index contributed by atoms with van der Waals surface area (Å²) in [6.45, 7) is 5.00. The Hall–Kier alpha value is -1.99. The normalized spacial score (nSPS) is 17.8. The van der Waals surface area contributed by atoms with Crippen molar-refractivity contribution in [3.05, 3.63) is 30.2 Å². The molecule has 1 fully saturated rings.